The van der Waals surface area contributed by atoms with Crippen LogP contribution in [0.15, 0.2) is 0 Å². The van der Waals surface area contributed by atoms with E-state index in [1.54, 1.807) is 0 Å². The third-order valence-corrected chi connectivity index (χ3v) is 7.46. The molecular weight excluding hydrogens is 288 g/mol. The molecule has 2 aliphatic carbocycles. The molecule has 2 saturated carbocycles. The zero-order valence-electron chi connectivity index (χ0n) is 12.8. The van der Waals surface area contributed by atoms with Crippen LogP contribution in [0, 0.1) is 0 Å². The maximum atomic E-state index is 11.9. The first-order valence-corrected chi connectivity index (χ1v) is 8.29. The van der Waals surface area contributed by atoms with Gasteiger partial charge < -0.3 is 24.1 Å². The standard InChI is InChI=1S/C16H20O6/c1-12-8(19-12)3-5-14(10(12)21-14)7-16-13(2)9(20-13)4-6-15(16,22-16)11(17)18/h8-10H,3-7H2,1-2H3,(H,17,18). The van der Waals surface area contributed by atoms with Crippen LogP contribution in [-0.2, 0) is 23.7 Å². The van der Waals surface area contributed by atoms with Gasteiger partial charge in [0.2, 0.25) is 0 Å². The first-order valence-electron chi connectivity index (χ1n) is 8.29. The van der Waals surface area contributed by atoms with Crippen LogP contribution in [0.25, 0.3) is 0 Å². The average Bonchev–Trinajstić information content (AvgIpc) is 3.27. The molecule has 0 amide bonds. The Balaban J connectivity index is 1.37. The van der Waals surface area contributed by atoms with Crippen LogP contribution < -0.4 is 0 Å². The number of carboxylic acids is 1. The number of hydrogen-bond donors (Lipinski definition) is 1. The van der Waals surface area contributed by atoms with Gasteiger partial charge >= 0.3 is 5.97 Å². The predicted molar refractivity (Wildman–Crippen MR) is 71.4 cm³/mol. The monoisotopic (exact) mass is 308 g/mol. The smallest absolute Gasteiger partial charge is 0.339 e. The molecule has 4 saturated heterocycles. The van der Waals surface area contributed by atoms with Gasteiger partial charge in [-0.25, -0.2) is 4.79 Å². The molecule has 0 aromatic rings. The Labute approximate surface area is 128 Å². The maximum Gasteiger partial charge on any atom is 0.339 e. The number of fused-ring (bicyclic) bond motifs is 6. The van der Waals surface area contributed by atoms with E-state index in [1.165, 1.54) is 0 Å². The van der Waals surface area contributed by atoms with Crippen molar-refractivity contribution in [3.05, 3.63) is 0 Å². The van der Waals surface area contributed by atoms with Crippen molar-refractivity contribution in [2.45, 2.75) is 92.3 Å². The zero-order valence-corrected chi connectivity index (χ0v) is 12.8. The highest BCUT2D eigenvalue weighted by molar-refractivity contribution is 5.84. The molecule has 0 aromatic carbocycles. The van der Waals surface area contributed by atoms with Crippen LogP contribution in [0.3, 0.4) is 0 Å². The average molecular weight is 308 g/mol. The molecule has 8 atom stereocenters. The fourth-order valence-corrected chi connectivity index (χ4v) is 5.89. The first kappa shape index (κ1) is 12.7. The molecule has 0 radical (unpaired) electrons. The molecule has 8 unspecified atom stereocenters. The molecule has 6 aliphatic rings. The molecular formula is C16H20O6. The van der Waals surface area contributed by atoms with E-state index in [-0.39, 0.29) is 23.4 Å². The van der Waals surface area contributed by atoms with E-state index < -0.39 is 22.8 Å². The van der Waals surface area contributed by atoms with E-state index in [9.17, 15) is 9.90 Å². The van der Waals surface area contributed by atoms with E-state index >= 15 is 0 Å². The fraction of sp³-hybridized carbons (Fsp3) is 0.938. The summed E-state index contributed by atoms with van der Waals surface area (Å²) in [5, 5.41) is 9.75. The second-order valence-electron chi connectivity index (χ2n) is 8.38. The lowest BCUT2D eigenvalue weighted by molar-refractivity contribution is -0.143. The molecule has 0 spiro atoms. The fourth-order valence-electron chi connectivity index (χ4n) is 5.89. The van der Waals surface area contributed by atoms with E-state index in [2.05, 4.69) is 6.92 Å². The summed E-state index contributed by atoms with van der Waals surface area (Å²) in [5.74, 6) is -0.848. The third kappa shape index (κ3) is 1.06. The van der Waals surface area contributed by atoms with Crippen molar-refractivity contribution in [2.24, 2.45) is 0 Å². The summed E-state index contributed by atoms with van der Waals surface area (Å²) >= 11 is 0. The lowest BCUT2D eigenvalue weighted by Gasteiger charge is -2.29. The Morgan fingerprint density at radius 2 is 1.91 bits per heavy atom. The Morgan fingerprint density at radius 1 is 1.14 bits per heavy atom. The number of carbonyl (C=O) groups is 1. The van der Waals surface area contributed by atoms with Crippen LogP contribution in [-0.4, -0.2) is 57.4 Å². The SMILES string of the molecule is CC12OC1CCC1(CC34OC3(C(=O)O)CCC3OC34C)OC12. The molecule has 120 valence electrons. The zero-order chi connectivity index (χ0) is 15.2. The summed E-state index contributed by atoms with van der Waals surface area (Å²) in [7, 11) is 0. The first-order chi connectivity index (χ1) is 10.3. The molecule has 22 heavy (non-hydrogen) atoms. The van der Waals surface area contributed by atoms with Gasteiger partial charge in [0.1, 0.15) is 28.5 Å². The second kappa shape index (κ2) is 2.99. The molecule has 6 fully saturated rings. The lowest BCUT2D eigenvalue weighted by Crippen LogP contribution is -2.51. The number of ether oxygens (including phenoxy) is 4. The number of rotatable bonds is 3. The quantitative estimate of drug-likeness (QED) is 0.783. The van der Waals surface area contributed by atoms with Gasteiger partial charge in [-0.1, -0.05) is 0 Å². The topological polar surface area (TPSA) is 87.4 Å². The van der Waals surface area contributed by atoms with Crippen LogP contribution in [0.4, 0.5) is 0 Å². The van der Waals surface area contributed by atoms with Crippen molar-refractivity contribution >= 4 is 5.97 Å². The van der Waals surface area contributed by atoms with E-state index in [0.29, 0.717) is 18.9 Å². The van der Waals surface area contributed by atoms with Crippen molar-refractivity contribution in [1.29, 1.82) is 0 Å². The Bertz CT molecular complexity index is 636. The molecule has 0 bridgehead atoms. The van der Waals surface area contributed by atoms with Crippen LogP contribution >= 0.6 is 0 Å². The Kier molecular flexibility index (Phi) is 1.73. The van der Waals surface area contributed by atoms with Gasteiger partial charge in [-0.15, -0.1) is 0 Å². The van der Waals surface area contributed by atoms with Crippen LogP contribution in [0.2, 0.25) is 0 Å². The van der Waals surface area contributed by atoms with Crippen LogP contribution in [0.1, 0.15) is 46.0 Å². The van der Waals surface area contributed by atoms with Crippen LogP contribution in [0.5, 0.6) is 0 Å². The predicted octanol–water partition coefficient (Wildman–Crippen LogP) is 1.01. The minimum absolute atomic E-state index is 0.0894. The van der Waals surface area contributed by atoms with Gasteiger partial charge in [0.15, 0.2) is 5.60 Å². The highest BCUT2D eigenvalue weighted by Crippen LogP contribution is 2.75. The van der Waals surface area contributed by atoms with Crippen molar-refractivity contribution in [2.75, 3.05) is 0 Å². The van der Waals surface area contributed by atoms with Crippen molar-refractivity contribution < 1.29 is 28.8 Å². The van der Waals surface area contributed by atoms with Gasteiger partial charge in [-0.2, -0.15) is 0 Å². The molecule has 4 aliphatic heterocycles. The third-order valence-electron chi connectivity index (χ3n) is 7.46. The summed E-state index contributed by atoms with van der Waals surface area (Å²) in [4.78, 5) is 11.9. The summed E-state index contributed by atoms with van der Waals surface area (Å²) in [6, 6.07) is 0. The summed E-state index contributed by atoms with van der Waals surface area (Å²) in [5.41, 5.74) is -2.67. The molecule has 0 aromatic heterocycles. The van der Waals surface area contributed by atoms with Gasteiger partial charge in [-0.3, -0.25) is 0 Å². The van der Waals surface area contributed by atoms with E-state index in [4.69, 9.17) is 18.9 Å². The van der Waals surface area contributed by atoms with E-state index in [0.717, 1.165) is 19.3 Å². The minimum Gasteiger partial charge on any atom is -0.479 e. The van der Waals surface area contributed by atoms with E-state index in [1.807, 2.05) is 6.92 Å². The lowest BCUT2D eigenvalue weighted by atomic mass is 9.66. The van der Waals surface area contributed by atoms with Gasteiger partial charge in [-0.05, 0) is 39.5 Å². The largest absolute Gasteiger partial charge is 0.479 e. The summed E-state index contributed by atoms with van der Waals surface area (Å²) in [6.45, 7) is 4.12. The van der Waals surface area contributed by atoms with Crippen molar-refractivity contribution in [3.8, 4) is 0 Å². The number of hydrogen-bond acceptors (Lipinski definition) is 5. The second-order valence-corrected chi connectivity index (χ2v) is 8.38. The minimum atomic E-state index is -1.07. The summed E-state index contributed by atoms with van der Waals surface area (Å²) in [6.07, 6.45) is 4.40. The van der Waals surface area contributed by atoms with Gasteiger partial charge in [0, 0.05) is 6.42 Å². The molecule has 1 N–H and O–H groups in total. The molecule has 6 nitrogen and oxygen atoms in total. The molecule has 4 heterocycles. The summed E-state index contributed by atoms with van der Waals surface area (Å²) < 4.78 is 23.8. The normalized spacial score (nSPS) is 68.9. The Hall–Kier alpha value is -0.690. The highest BCUT2D eigenvalue weighted by Gasteiger charge is 2.93. The number of aliphatic carboxylic acids is 1. The van der Waals surface area contributed by atoms with Gasteiger partial charge in [0.25, 0.3) is 0 Å². The van der Waals surface area contributed by atoms with Crippen molar-refractivity contribution in [3.63, 3.8) is 0 Å². The molecule has 6 rings (SSSR count). The highest BCUT2D eigenvalue weighted by atomic mass is 16.7. The van der Waals surface area contributed by atoms with Crippen molar-refractivity contribution in [1.82, 2.24) is 0 Å². The number of carboxylic acid groups (broad SMARTS) is 1. The Morgan fingerprint density at radius 3 is 2.68 bits per heavy atom. The van der Waals surface area contributed by atoms with Gasteiger partial charge in [0.05, 0.1) is 12.2 Å². The maximum absolute atomic E-state index is 11.9. The number of epoxide rings is 4. The molecule has 6 heteroatoms.